The molecule has 0 radical (unpaired) electrons. The second-order valence-electron chi connectivity index (χ2n) is 3.50. The molecule has 74 valence electrons. The first-order chi connectivity index (χ1) is 7.36. The van der Waals surface area contributed by atoms with Crippen molar-refractivity contribution in [3.8, 4) is 11.1 Å². The second kappa shape index (κ2) is 3.02. The minimum absolute atomic E-state index is 0.546. The maximum atomic E-state index is 5.24. The van der Waals surface area contributed by atoms with Gasteiger partial charge < -0.3 is 4.52 Å². The first kappa shape index (κ1) is 8.35. The summed E-state index contributed by atoms with van der Waals surface area (Å²) in [7, 11) is 0. The SMILES string of the molecule is Cc1noc2c1-c1ccncc1C=NC2. The van der Waals surface area contributed by atoms with Crippen molar-refractivity contribution in [2.75, 3.05) is 0 Å². The van der Waals surface area contributed by atoms with Crippen LogP contribution in [0, 0.1) is 6.92 Å². The molecule has 0 aromatic carbocycles. The summed E-state index contributed by atoms with van der Waals surface area (Å²) in [5, 5.41) is 3.97. The number of aromatic nitrogens is 2. The van der Waals surface area contributed by atoms with Gasteiger partial charge in [0.05, 0.1) is 11.3 Å². The summed E-state index contributed by atoms with van der Waals surface area (Å²) in [6, 6.07) is 1.97. The largest absolute Gasteiger partial charge is 0.358 e. The minimum atomic E-state index is 0.546. The minimum Gasteiger partial charge on any atom is -0.358 e. The fourth-order valence-electron chi connectivity index (χ4n) is 1.83. The molecule has 1 aliphatic rings. The Morgan fingerprint density at radius 1 is 1.40 bits per heavy atom. The number of hydrogen-bond acceptors (Lipinski definition) is 4. The lowest BCUT2D eigenvalue weighted by molar-refractivity contribution is 0.382. The van der Waals surface area contributed by atoms with E-state index < -0.39 is 0 Å². The maximum absolute atomic E-state index is 5.24. The van der Waals surface area contributed by atoms with Crippen LogP contribution in [0.1, 0.15) is 17.0 Å². The van der Waals surface area contributed by atoms with Crippen molar-refractivity contribution in [3.05, 3.63) is 35.5 Å². The zero-order valence-corrected chi connectivity index (χ0v) is 8.27. The average Bonchev–Trinajstić information content (AvgIpc) is 2.52. The third-order valence-electron chi connectivity index (χ3n) is 2.52. The van der Waals surface area contributed by atoms with Crippen molar-refractivity contribution in [1.82, 2.24) is 10.1 Å². The summed E-state index contributed by atoms with van der Waals surface area (Å²) in [6.07, 6.45) is 5.41. The van der Waals surface area contributed by atoms with Gasteiger partial charge in [0.25, 0.3) is 0 Å². The highest BCUT2D eigenvalue weighted by molar-refractivity contribution is 5.91. The number of pyridine rings is 1. The quantitative estimate of drug-likeness (QED) is 0.651. The molecule has 2 aromatic heterocycles. The van der Waals surface area contributed by atoms with E-state index in [2.05, 4.69) is 15.1 Å². The molecular formula is C11H9N3O. The molecule has 0 saturated carbocycles. The summed E-state index contributed by atoms with van der Waals surface area (Å²) in [4.78, 5) is 8.35. The van der Waals surface area contributed by atoms with Gasteiger partial charge in [-0.25, -0.2) is 0 Å². The van der Waals surface area contributed by atoms with Crippen LogP contribution in [0.4, 0.5) is 0 Å². The van der Waals surface area contributed by atoms with Crippen LogP contribution < -0.4 is 0 Å². The van der Waals surface area contributed by atoms with Gasteiger partial charge in [-0.3, -0.25) is 9.98 Å². The fourth-order valence-corrected chi connectivity index (χ4v) is 1.83. The summed E-state index contributed by atoms with van der Waals surface area (Å²) >= 11 is 0. The molecule has 0 atom stereocenters. The predicted molar refractivity (Wildman–Crippen MR) is 55.8 cm³/mol. The highest BCUT2D eigenvalue weighted by atomic mass is 16.5. The van der Waals surface area contributed by atoms with Crippen molar-refractivity contribution >= 4 is 6.21 Å². The van der Waals surface area contributed by atoms with Crippen LogP contribution in [0.15, 0.2) is 28.0 Å². The molecule has 3 rings (SSSR count). The number of fused-ring (bicyclic) bond motifs is 3. The third kappa shape index (κ3) is 1.18. The van der Waals surface area contributed by atoms with Crippen LogP contribution in [-0.2, 0) is 6.54 Å². The summed E-state index contributed by atoms with van der Waals surface area (Å²) in [6.45, 7) is 2.49. The monoisotopic (exact) mass is 199 g/mol. The Morgan fingerprint density at radius 3 is 3.27 bits per heavy atom. The van der Waals surface area contributed by atoms with Gasteiger partial charge in [0.15, 0.2) is 5.76 Å². The van der Waals surface area contributed by atoms with E-state index >= 15 is 0 Å². The molecular weight excluding hydrogens is 190 g/mol. The zero-order chi connectivity index (χ0) is 10.3. The molecule has 0 spiro atoms. The Hall–Kier alpha value is -1.97. The number of aliphatic imine (C=N–C) groups is 1. The van der Waals surface area contributed by atoms with Gasteiger partial charge in [-0.15, -0.1) is 0 Å². The van der Waals surface area contributed by atoms with Gasteiger partial charge in [-0.05, 0) is 18.6 Å². The van der Waals surface area contributed by atoms with E-state index in [-0.39, 0.29) is 0 Å². The van der Waals surface area contributed by atoms with E-state index in [0.717, 1.165) is 28.1 Å². The normalized spacial score (nSPS) is 13.1. The lowest BCUT2D eigenvalue weighted by Gasteiger charge is -2.01. The highest BCUT2D eigenvalue weighted by Crippen LogP contribution is 2.31. The Labute approximate surface area is 86.7 Å². The van der Waals surface area contributed by atoms with Gasteiger partial charge in [-0.2, -0.15) is 0 Å². The molecule has 0 bridgehead atoms. The van der Waals surface area contributed by atoms with Gasteiger partial charge in [0, 0.05) is 24.2 Å². The van der Waals surface area contributed by atoms with Gasteiger partial charge in [0.2, 0.25) is 0 Å². The van der Waals surface area contributed by atoms with E-state index in [4.69, 9.17) is 4.52 Å². The molecule has 0 amide bonds. The molecule has 0 fully saturated rings. The van der Waals surface area contributed by atoms with E-state index in [1.807, 2.05) is 19.2 Å². The van der Waals surface area contributed by atoms with Crippen molar-refractivity contribution < 1.29 is 4.52 Å². The number of aryl methyl sites for hydroxylation is 1. The van der Waals surface area contributed by atoms with Crippen LogP contribution in [-0.4, -0.2) is 16.4 Å². The Bertz CT molecular complexity index is 543. The molecule has 0 N–H and O–H groups in total. The zero-order valence-electron chi connectivity index (χ0n) is 8.27. The van der Waals surface area contributed by atoms with Gasteiger partial charge in [0.1, 0.15) is 6.54 Å². The summed E-state index contributed by atoms with van der Waals surface area (Å²) in [5.41, 5.74) is 4.08. The third-order valence-corrected chi connectivity index (χ3v) is 2.52. The van der Waals surface area contributed by atoms with Crippen molar-refractivity contribution in [3.63, 3.8) is 0 Å². The first-order valence-corrected chi connectivity index (χ1v) is 4.75. The molecule has 2 aromatic rings. The summed E-state index contributed by atoms with van der Waals surface area (Å²) < 4.78 is 5.24. The Kier molecular flexibility index (Phi) is 1.68. The number of rotatable bonds is 0. The van der Waals surface area contributed by atoms with E-state index in [9.17, 15) is 0 Å². The van der Waals surface area contributed by atoms with Crippen molar-refractivity contribution in [2.24, 2.45) is 4.99 Å². The maximum Gasteiger partial charge on any atom is 0.166 e. The molecule has 0 unspecified atom stereocenters. The van der Waals surface area contributed by atoms with Crippen molar-refractivity contribution in [1.29, 1.82) is 0 Å². The smallest absolute Gasteiger partial charge is 0.166 e. The molecule has 4 nitrogen and oxygen atoms in total. The molecule has 15 heavy (non-hydrogen) atoms. The second-order valence-corrected chi connectivity index (χ2v) is 3.50. The standard InChI is InChI=1S/C11H9N3O/c1-7-11-9-2-3-12-4-8(9)5-13-6-10(11)15-14-7/h2-5H,6H2,1H3. The predicted octanol–water partition coefficient (Wildman–Crippen LogP) is 1.98. The van der Waals surface area contributed by atoms with Crippen LogP contribution in [0.25, 0.3) is 11.1 Å². The van der Waals surface area contributed by atoms with Crippen molar-refractivity contribution in [2.45, 2.75) is 13.5 Å². The molecule has 0 saturated heterocycles. The molecule has 4 heteroatoms. The van der Waals surface area contributed by atoms with E-state index in [0.29, 0.717) is 6.54 Å². The lowest BCUT2D eigenvalue weighted by Crippen LogP contribution is -1.89. The van der Waals surface area contributed by atoms with Crippen LogP contribution in [0.3, 0.4) is 0 Å². The van der Waals surface area contributed by atoms with Crippen LogP contribution >= 0.6 is 0 Å². The number of hydrogen-bond donors (Lipinski definition) is 0. The van der Waals surface area contributed by atoms with E-state index in [1.54, 1.807) is 12.4 Å². The molecule has 0 aliphatic carbocycles. The van der Waals surface area contributed by atoms with Crippen LogP contribution in [0.5, 0.6) is 0 Å². The lowest BCUT2D eigenvalue weighted by atomic mass is 10.0. The molecule has 3 heterocycles. The fraction of sp³-hybridized carbons (Fsp3) is 0.182. The highest BCUT2D eigenvalue weighted by Gasteiger charge is 2.18. The Morgan fingerprint density at radius 2 is 2.33 bits per heavy atom. The van der Waals surface area contributed by atoms with E-state index in [1.165, 1.54) is 0 Å². The van der Waals surface area contributed by atoms with Crippen LogP contribution in [0.2, 0.25) is 0 Å². The Balaban J connectivity index is 2.36. The van der Waals surface area contributed by atoms with Gasteiger partial charge in [-0.1, -0.05) is 5.16 Å². The average molecular weight is 199 g/mol. The first-order valence-electron chi connectivity index (χ1n) is 4.75. The molecule has 1 aliphatic heterocycles. The van der Waals surface area contributed by atoms with Gasteiger partial charge >= 0.3 is 0 Å². The number of nitrogens with zero attached hydrogens (tertiary/aromatic N) is 3. The summed E-state index contributed by atoms with van der Waals surface area (Å²) in [5.74, 6) is 0.828. The topological polar surface area (TPSA) is 51.3 Å².